The molecule has 6 rings (SSSR count). The van der Waals surface area contributed by atoms with Gasteiger partial charge >= 0.3 is 33.2 Å². The molecule has 0 aromatic heterocycles. The third kappa shape index (κ3) is 13.6. The Morgan fingerprint density at radius 3 is 1.90 bits per heavy atom. The summed E-state index contributed by atoms with van der Waals surface area (Å²) in [5, 5.41) is 3.79. The van der Waals surface area contributed by atoms with E-state index >= 15 is 0 Å². The number of rotatable bonds is 7. The van der Waals surface area contributed by atoms with Crippen LogP contribution in [0, 0.1) is 19.9 Å². The van der Waals surface area contributed by atoms with Gasteiger partial charge in [0.05, 0.1) is 32.2 Å². The average molecular weight is 758 g/mol. The van der Waals surface area contributed by atoms with Gasteiger partial charge in [-0.3, -0.25) is 9.28 Å². The molecule has 49 heavy (non-hydrogen) atoms. The van der Waals surface area contributed by atoms with Crippen LogP contribution in [0.2, 0.25) is 0 Å². The normalized spacial score (nSPS) is 17.4. The Hall–Kier alpha value is -3.18. The molecule has 0 amide bonds. The second-order valence-electron chi connectivity index (χ2n) is 11.7. The number of aryl methyl sites for hydroxylation is 2. The minimum absolute atomic E-state index is 0. The van der Waals surface area contributed by atoms with Gasteiger partial charge in [0.2, 0.25) is 0 Å². The minimum Gasteiger partial charge on any atom is -1.00 e. The number of aliphatic imine (C=N–C) groups is 1. The van der Waals surface area contributed by atoms with E-state index in [-0.39, 0.29) is 52.0 Å². The fourth-order valence-corrected chi connectivity index (χ4v) is 5.91. The van der Waals surface area contributed by atoms with E-state index in [0.717, 1.165) is 61.1 Å². The summed E-state index contributed by atoms with van der Waals surface area (Å²) in [6, 6.07) is 35.8. The number of nitrogens with zero attached hydrogens (tertiary/aromatic N) is 2. The van der Waals surface area contributed by atoms with Gasteiger partial charge in [-0.2, -0.15) is 44.3 Å². The number of halogens is 1. The summed E-state index contributed by atoms with van der Waals surface area (Å²) >= 11 is 0. The maximum atomic E-state index is 11.0. The summed E-state index contributed by atoms with van der Waals surface area (Å²) in [5.41, 5.74) is 8.23. The van der Waals surface area contributed by atoms with Crippen molar-refractivity contribution in [1.82, 2.24) is 0 Å². The third-order valence-electron chi connectivity index (χ3n) is 8.16. The molecule has 0 bridgehead atoms. The van der Waals surface area contributed by atoms with E-state index in [1.54, 1.807) is 14.2 Å². The van der Waals surface area contributed by atoms with Gasteiger partial charge in [-0.25, -0.2) is 0 Å². The molecule has 4 aromatic rings. The van der Waals surface area contributed by atoms with E-state index in [2.05, 4.69) is 58.8 Å². The van der Waals surface area contributed by atoms with Crippen LogP contribution in [0.1, 0.15) is 78.3 Å². The fourth-order valence-electron chi connectivity index (χ4n) is 5.68. The van der Waals surface area contributed by atoms with Gasteiger partial charge in [0.25, 0.3) is 0 Å². The molecule has 4 aromatic carbocycles. The summed E-state index contributed by atoms with van der Waals surface area (Å²) in [7, 11) is -0.214. The number of oxime groups is 1. The number of hydrogen-bond donors (Lipinski definition) is 0. The van der Waals surface area contributed by atoms with Gasteiger partial charge < -0.3 is 26.5 Å². The van der Waals surface area contributed by atoms with Crippen molar-refractivity contribution in [2.24, 2.45) is 10.1 Å². The zero-order valence-electron chi connectivity index (χ0n) is 29.1. The van der Waals surface area contributed by atoms with Gasteiger partial charge in [-0.05, 0) is 92.0 Å². The van der Waals surface area contributed by atoms with Crippen LogP contribution < -0.4 is 26.5 Å². The van der Waals surface area contributed by atoms with Crippen molar-refractivity contribution < 1.29 is 39.2 Å². The number of hydrogen-bond acceptors (Lipinski definition) is 7. The predicted octanol–water partition coefficient (Wildman–Crippen LogP) is 5.43. The van der Waals surface area contributed by atoms with Crippen LogP contribution in [0.15, 0.2) is 107 Å². The van der Waals surface area contributed by atoms with Crippen LogP contribution >= 0.6 is 0 Å². The van der Waals surface area contributed by atoms with E-state index in [1.165, 1.54) is 34.4 Å². The zero-order valence-corrected chi connectivity index (χ0v) is 32.9. The molecule has 2 aliphatic rings. The maximum absolute atomic E-state index is 11.0. The molecule has 2 unspecified atom stereocenters. The molecular formula is C39H45BrMgN2O5S. The van der Waals surface area contributed by atoms with Crippen molar-refractivity contribution in [2.75, 3.05) is 20.5 Å². The Morgan fingerprint density at radius 2 is 1.37 bits per heavy atom. The van der Waals surface area contributed by atoms with Crippen LogP contribution in [0.3, 0.4) is 0 Å². The summed E-state index contributed by atoms with van der Waals surface area (Å²) in [4.78, 5) is 5.01. The van der Waals surface area contributed by atoms with Crippen molar-refractivity contribution in [3.8, 4) is 11.5 Å². The molecular weight excluding hydrogens is 713 g/mol. The molecule has 1 heterocycles. The van der Waals surface area contributed by atoms with Gasteiger partial charge in [0, 0.05) is 11.6 Å². The van der Waals surface area contributed by atoms with Crippen molar-refractivity contribution in [2.45, 2.75) is 64.3 Å². The van der Waals surface area contributed by atoms with Gasteiger partial charge in [-0.1, -0.05) is 60.6 Å². The van der Waals surface area contributed by atoms with Crippen LogP contribution in [-0.2, 0) is 14.4 Å². The first kappa shape index (κ1) is 42.0. The van der Waals surface area contributed by atoms with Gasteiger partial charge in [0.1, 0.15) is 11.5 Å². The smallest absolute Gasteiger partial charge is 1.00 e. The number of ether oxygens (including phenoxy) is 2. The van der Waals surface area contributed by atoms with Crippen molar-refractivity contribution >= 4 is 44.6 Å². The molecule has 1 saturated carbocycles. The Kier molecular flexibility index (Phi) is 18.1. The molecule has 256 valence electrons. The first-order valence-corrected chi connectivity index (χ1v) is 17.8. The monoisotopic (exact) mass is 756 g/mol. The van der Waals surface area contributed by atoms with Gasteiger partial charge in [-0.15, -0.1) is 0 Å². The van der Waals surface area contributed by atoms with E-state index in [0.29, 0.717) is 0 Å². The Bertz CT molecular complexity index is 1730. The first-order chi connectivity index (χ1) is 22.7. The molecule has 0 radical (unpaired) electrons. The SMILES string of the molecule is COc1ccc(C2CCC/C2=N/OS(C)(=O)=O)cc1.COc1ccc(C2CCCC(c3ccccc3C)=N2)cc1.Cc1[c-]cccc1.[Br-].[Mg+2]. The molecule has 1 fully saturated rings. The quantitative estimate of drug-likeness (QED) is 0.143. The van der Waals surface area contributed by atoms with Crippen molar-refractivity contribution in [1.29, 1.82) is 0 Å². The molecule has 1 aliphatic carbocycles. The summed E-state index contributed by atoms with van der Waals surface area (Å²) in [6.45, 7) is 4.19. The fraction of sp³-hybridized carbons (Fsp3) is 0.333. The molecule has 1 aliphatic heterocycles. The van der Waals surface area contributed by atoms with Crippen LogP contribution in [0.5, 0.6) is 11.5 Å². The van der Waals surface area contributed by atoms with E-state index in [4.69, 9.17) is 14.5 Å². The second kappa shape index (κ2) is 21.1. The largest absolute Gasteiger partial charge is 2.00 e. The molecule has 0 N–H and O–H groups in total. The van der Waals surface area contributed by atoms with Crippen molar-refractivity contribution in [3.63, 3.8) is 0 Å². The first-order valence-electron chi connectivity index (χ1n) is 16.0. The number of methoxy groups -OCH3 is 2. The zero-order chi connectivity index (χ0) is 33.6. The Morgan fingerprint density at radius 1 is 0.776 bits per heavy atom. The van der Waals surface area contributed by atoms with Crippen LogP contribution in [-0.4, -0.2) is 63.4 Å². The molecule has 2 atom stereocenters. The summed E-state index contributed by atoms with van der Waals surface area (Å²) in [6.07, 6.45) is 7.12. The number of benzene rings is 4. The molecule has 0 saturated heterocycles. The standard InChI is InChI=1S/C19H21NO.C13H17NO4S.C7H7.BrH.Mg/c1-14-6-3-4-7-17(14)19-9-5-8-18(20-19)15-10-12-16(21-2)13-11-15;1-17-11-8-6-10(7-9-11)12-4-3-5-13(12)14-18-19(2,15)16;1-7-5-3-2-4-6-7;;/h3-4,6-7,10-13,18H,5,8-9H2,1-2H3;6-9,12H,3-5H2,1-2H3;2-5H,1H3;1H;/q;;-1;;+2/p-1/b;14-13-;;;. The molecule has 10 heteroatoms. The van der Waals surface area contributed by atoms with E-state index in [9.17, 15) is 8.42 Å². The van der Waals surface area contributed by atoms with Gasteiger partial charge in [0.15, 0.2) is 0 Å². The maximum Gasteiger partial charge on any atom is 2.00 e. The third-order valence-corrected chi connectivity index (χ3v) is 8.51. The molecule has 7 nitrogen and oxygen atoms in total. The van der Waals surface area contributed by atoms with Crippen molar-refractivity contribution in [3.05, 3.63) is 131 Å². The van der Waals surface area contributed by atoms with E-state index < -0.39 is 10.1 Å². The molecule has 0 spiro atoms. The predicted molar refractivity (Wildman–Crippen MR) is 196 cm³/mol. The summed E-state index contributed by atoms with van der Waals surface area (Å²) < 4.78 is 36.8. The second-order valence-corrected chi connectivity index (χ2v) is 13.3. The Balaban J connectivity index is 0.000000276. The summed E-state index contributed by atoms with van der Waals surface area (Å²) in [5.74, 6) is 1.83. The van der Waals surface area contributed by atoms with Crippen LogP contribution in [0.4, 0.5) is 0 Å². The minimum atomic E-state index is -3.54. The topological polar surface area (TPSA) is 86.6 Å². The Labute approximate surface area is 319 Å². The van der Waals surface area contributed by atoms with E-state index in [1.807, 2.05) is 67.6 Å². The average Bonchev–Trinajstić information content (AvgIpc) is 3.57. The van der Waals surface area contributed by atoms with Crippen LogP contribution in [0.25, 0.3) is 0 Å².